The first-order chi connectivity index (χ1) is 8.42. The molecular formula is C13H18ClNO3. The first-order valence-corrected chi connectivity index (χ1v) is 5.95. The number of hydrogen-bond acceptors (Lipinski definition) is 4. The van der Waals surface area contributed by atoms with E-state index in [2.05, 4.69) is 5.32 Å². The van der Waals surface area contributed by atoms with Gasteiger partial charge in [0.05, 0.1) is 14.2 Å². The summed E-state index contributed by atoms with van der Waals surface area (Å²) in [6.45, 7) is 3.93. The molecule has 0 heterocycles. The Hall–Kier alpha value is -1.26. The molecule has 0 radical (unpaired) electrons. The Morgan fingerprint density at radius 2 is 2.06 bits per heavy atom. The Morgan fingerprint density at radius 3 is 2.61 bits per heavy atom. The van der Waals surface area contributed by atoms with Crippen LogP contribution in [0.25, 0.3) is 0 Å². The van der Waals surface area contributed by atoms with Crippen molar-refractivity contribution in [1.29, 1.82) is 0 Å². The van der Waals surface area contributed by atoms with Crippen molar-refractivity contribution >= 4 is 17.6 Å². The van der Waals surface area contributed by atoms with Crippen LogP contribution in [0.5, 0.6) is 5.75 Å². The minimum Gasteiger partial charge on any atom is -0.496 e. The van der Waals surface area contributed by atoms with Gasteiger partial charge in [-0.05, 0) is 26.0 Å². The van der Waals surface area contributed by atoms with E-state index >= 15 is 0 Å². The van der Waals surface area contributed by atoms with Gasteiger partial charge in [0.25, 0.3) is 0 Å². The standard InChI is InChI=1S/C13H18ClNO3/c1-13(2,12(16)18-4)15-8-9-10(14)6-5-7-11(9)17-3/h5-7,15H,8H2,1-4H3. The van der Waals surface area contributed by atoms with E-state index < -0.39 is 5.54 Å². The highest BCUT2D eigenvalue weighted by molar-refractivity contribution is 6.31. The fourth-order valence-electron chi connectivity index (χ4n) is 1.54. The molecule has 0 aliphatic carbocycles. The molecule has 100 valence electrons. The van der Waals surface area contributed by atoms with Crippen LogP contribution in [0.3, 0.4) is 0 Å². The van der Waals surface area contributed by atoms with Crippen molar-refractivity contribution in [2.24, 2.45) is 0 Å². The second-order valence-corrected chi connectivity index (χ2v) is 4.80. The van der Waals surface area contributed by atoms with Crippen LogP contribution in [0.1, 0.15) is 19.4 Å². The molecule has 0 bridgehead atoms. The second kappa shape index (κ2) is 6.07. The third-order valence-electron chi connectivity index (χ3n) is 2.70. The number of halogens is 1. The molecule has 1 aromatic rings. The van der Waals surface area contributed by atoms with Gasteiger partial charge in [0.15, 0.2) is 0 Å². The summed E-state index contributed by atoms with van der Waals surface area (Å²) in [5.41, 5.74) is 0.0394. The lowest BCUT2D eigenvalue weighted by atomic mass is 10.1. The number of carbonyl (C=O) groups is 1. The van der Waals surface area contributed by atoms with Gasteiger partial charge in [-0.1, -0.05) is 17.7 Å². The van der Waals surface area contributed by atoms with Gasteiger partial charge in [0.2, 0.25) is 0 Å². The molecule has 5 heteroatoms. The molecule has 0 aliphatic rings. The Bertz CT molecular complexity index is 432. The predicted molar refractivity (Wildman–Crippen MR) is 70.9 cm³/mol. The van der Waals surface area contributed by atoms with Gasteiger partial charge in [-0.25, -0.2) is 0 Å². The highest BCUT2D eigenvalue weighted by Gasteiger charge is 2.28. The van der Waals surface area contributed by atoms with Gasteiger partial charge in [0.1, 0.15) is 11.3 Å². The Kier molecular flexibility index (Phi) is 4.99. The highest BCUT2D eigenvalue weighted by atomic mass is 35.5. The van der Waals surface area contributed by atoms with Crippen molar-refractivity contribution < 1.29 is 14.3 Å². The van der Waals surface area contributed by atoms with Gasteiger partial charge in [-0.3, -0.25) is 10.1 Å². The van der Waals surface area contributed by atoms with E-state index in [4.69, 9.17) is 21.1 Å². The summed E-state index contributed by atoms with van der Waals surface area (Å²) in [5.74, 6) is 0.365. The summed E-state index contributed by atoms with van der Waals surface area (Å²) in [7, 11) is 2.95. The summed E-state index contributed by atoms with van der Waals surface area (Å²) in [6.07, 6.45) is 0. The molecule has 1 N–H and O–H groups in total. The molecule has 0 unspecified atom stereocenters. The quantitative estimate of drug-likeness (QED) is 0.836. The maximum atomic E-state index is 11.5. The van der Waals surface area contributed by atoms with Crippen LogP contribution in [-0.4, -0.2) is 25.7 Å². The molecule has 0 aromatic heterocycles. The van der Waals surface area contributed by atoms with Crippen LogP contribution in [0.15, 0.2) is 18.2 Å². The third-order valence-corrected chi connectivity index (χ3v) is 3.05. The number of benzene rings is 1. The smallest absolute Gasteiger partial charge is 0.325 e. The van der Waals surface area contributed by atoms with E-state index in [1.54, 1.807) is 27.0 Å². The van der Waals surface area contributed by atoms with Crippen molar-refractivity contribution in [3.8, 4) is 5.75 Å². The van der Waals surface area contributed by atoms with E-state index in [1.807, 2.05) is 12.1 Å². The topological polar surface area (TPSA) is 47.6 Å². The fraction of sp³-hybridized carbons (Fsp3) is 0.462. The molecule has 0 spiro atoms. The average Bonchev–Trinajstić information content (AvgIpc) is 2.35. The zero-order valence-corrected chi connectivity index (χ0v) is 11.8. The molecule has 4 nitrogen and oxygen atoms in total. The van der Waals surface area contributed by atoms with E-state index in [0.717, 1.165) is 5.56 Å². The molecule has 0 saturated carbocycles. The van der Waals surface area contributed by atoms with Gasteiger partial charge in [-0.2, -0.15) is 0 Å². The van der Waals surface area contributed by atoms with Crippen molar-refractivity contribution in [3.05, 3.63) is 28.8 Å². The summed E-state index contributed by atoms with van der Waals surface area (Å²) in [4.78, 5) is 11.5. The number of hydrogen-bond donors (Lipinski definition) is 1. The zero-order chi connectivity index (χ0) is 13.8. The van der Waals surface area contributed by atoms with Crippen LogP contribution >= 0.6 is 11.6 Å². The minimum atomic E-state index is -0.779. The molecule has 18 heavy (non-hydrogen) atoms. The van der Waals surface area contributed by atoms with Crippen molar-refractivity contribution in [1.82, 2.24) is 5.32 Å². The van der Waals surface area contributed by atoms with Crippen molar-refractivity contribution in [3.63, 3.8) is 0 Å². The van der Waals surface area contributed by atoms with Gasteiger partial charge in [0, 0.05) is 17.1 Å². The summed E-state index contributed by atoms with van der Waals surface area (Å²) in [6, 6.07) is 5.43. The Labute approximate surface area is 112 Å². The largest absolute Gasteiger partial charge is 0.496 e. The van der Waals surface area contributed by atoms with Gasteiger partial charge in [-0.15, -0.1) is 0 Å². The molecule has 0 aliphatic heterocycles. The molecule has 1 rings (SSSR count). The molecule has 0 atom stereocenters. The van der Waals surface area contributed by atoms with Gasteiger partial charge < -0.3 is 9.47 Å². The van der Waals surface area contributed by atoms with Crippen LogP contribution < -0.4 is 10.1 Å². The van der Waals surface area contributed by atoms with E-state index in [1.165, 1.54) is 7.11 Å². The molecule has 0 saturated heterocycles. The number of carbonyl (C=O) groups excluding carboxylic acids is 1. The summed E-state index contributed by atoms with van der Waals surface area (Å²) < 4.78 is 9.96. The van der Waals surface area contributed by atoms with Gasteiger partial charge >= 0.3 is 5.97 Å². The zero-order valence-electron chi connectivity index (χ0n) is 11.0. The SMILES string of the molecule is COC(=O)C(C)(C)NCc1c(Cl)cccc1OC. The van der Waals surface area contributed by atoms with Crippen LogP contribution in [0.4, 0.5) is 0 Å². The molecule has 0 amide bonds. The highest BCUT2D eigenvalue weighted by Crippen LogP contribution is 2.26. The molecular weight excluding hydrogens is 254 g/mol. The second-order valence-electron chi connectivity index (χ2n) is 4.39. The van der Waals surface area contributed by atoms with E-state index in [9.17, 15) is 4.79 Å². The summed E-state index contributed by atoms with van der Waals surface area (Å²) >= 11 is 6.11. The number of ether oxygens (including phenoxy) is 2. The van der Waals surface area contributed by atoms with Crippen LogP contribution in [0, 0.1) is 0 Å². The van der Waals surface area contributed by atoms with E-state index in [0.29, 0.717) is 17.3 Å². The fourth-order valence-corrected chi connectivity index (χ4v) is 1.77. The first-order valence-electron chi connectivity index (χ1n) is 5.57. The summed E-state index contributed by atoms with van der Waals surface area (Å²) in [5, 5.41) is 3.70. The number of rotatable bonds is 5. The third kappa shape index (κ3) is 3.37. The Morgan fingerprint density at radius 1 is 1.39 bits per heavy atom. The van der Waals surface area contributed by atoms with Crippen LogP contribution in [-0.2, 0) is 16.1 Å². The van der Waals surface area contributed by atoms with Crippen molar-refractivity contribution in [2.45, 2.75) is 25.9 Å². The maximum absolute atomic E-state index is 11.5. The van der Waals surface area contributed by atoms with E-state index in [-0.39, 0.29) is 5.97 Å². The van der Waals surface area contributed by atoms with Crippen molar-refractivity contribution in [2.75, 3.05) is 14.2 Å². The predicted octanol–water partition coefficient (Wildman–Crippen LogP) is 2.39. The normalized spacial score (nSPS) is 11.2. The first kappa shape index (κ1) is 14.8. The molecule has 0 fully saturated rings. The lowest BCUT2D eigenvalue weighted by Crippen LogP contribution is -2.47. The average molecular weight is 272 g/mol. The number of nitrogens with one attached hydrogen (secondary N) is 1. The monoisotopic (exact) mass is 271 g/mol. The Balaban J connectivity index is 2.83. The minimum absolute atomic E-state index is 0.325. The number of esters is 1. The maximum Gasteiger partial charge on any atom is 0.325 e. The lowest BCUT2D eigenvalue weighted by Gasteiger charge is -2.24. The van der Waals surface area contributed by atoms with Crippen LogP contribution in [0.2, 0.25) is 5.02 Å². The number of methoxy groups -OCH3 is 2. The molecule has 1 aromatic carbocycles. The lowest BCUT2D eigenvalue weighted by molar-refractivity contribution is -0.147.